The molecule has 0 amide bonds. The SMILES string of the molecule is Oc1ccc2ccccc2c1-c1ccccn1. The second kappa shape index (κ2) is 3.91. The molecule has 0 radical (unpaired) electrons. The molecule has 0 atom stereocenters. The second-order valence-electron chi connectivity index (χ2n) is 3.90. The Kier molecular flexibility index (Phi) is 2.26. The summed E-state index contributed by atoms with van der Waals surface area (Å²) in [6.45, 7) is 0. The van der Waals surface area contributed by atoms with E-state index in [9.17, 15) is 5.11 Å². The van der Waals surface area contributed by atoms with Gasteiger partial charge in [-0.05, 0) is 29.0 Å². The maximum Gasteiger partial charge on any atom is 0.125 e. The number of hydrogen-bond acceptors (Lipinski definition) is 2. The third kappa shape index (κ3) is 1.64. The van der Waals surface area contributed by atoms with Crippen molar-refractivity contribution in [1.29, 1.82) is 0 Å². The molecular formula is C15H11NO. The van der Waals surface area contributed by atoms with Crippen molar-refractivity contribution in [3.8, 4) is 17.0 Å². The molecule has 0 bridgehead atoms. The number of aromatic hydroxyl groups is 1. The van der Waals surface area contributed by atoms with Gasteiger partial charge in [-0.3, -0.25) is 4.98 Å². The first-order valence-electron chi connectivity index (χ1n) is 5.48. The number of benzene rings is 2. The lowest BCUT2D eigenvalue weighted by Crippen LogP contribution is -1.85. The van der Waals surface area contributed by atoms with Gasteiger partial charge >= 0.3 is 0 Å². The number of fused-ring (bicyclic) bond motifs is 1. The Morgan fingerprint density at radius 2 is 1.65 bits per heavy atom. The number of nitrogens with zero attached hydrogens (tertiary/aromatic N) is 1. The van der Waals surface area contributed by atoms with Crippen LogP contribution in [-0.4, -0.2) is 10.1 Å². The smallest absolute Gasteiger partial charge is 0.125 e. The zero-order valence-electron chi connectivity index (χ0n) is 9.17. The van der Waals surface area contributed by atoms with E-state index >= 15 is 0 Å². The molecule has 82 valence electrons. The summed E-state index contributed by atoms with van der Waals surface area (Å²) in [5.74, 6) is 0.266. The van der Waals surface area contributed by atoms with Gasteiger partial charge in [0, 0.05) is 11.8 Å². The van der Waals surface area contributed by atoms with Crippen molar-refractivity contribution in [2.45, 2.75) is 0 Å². The summed E-state index contributed by atoms with van der Waals surface area (Å²) in [4.78, 5) is 4.30. The molecule has 3 rings (SSSR count). The largest absolute Gasteiger partial charge is 0.507 e. The summed E-state index contributed by atoms with van der Waals surface area (Å²) in [6, 6.07) is 17.3. The summed E-state index contributed by atoms with van der Waals surface area (Å²) < 4.78 is 0. The molecule has 0 saturated heterocycles. The number of rotatable bonds is 1. The Bertz CT molecular complexity index is 662. The molecule has 2 nitrogen and oxygen atoms in total. The Labute approximate surface area is 99.2 Å². The highest BCUT2D eigenvalue weighted by atomic mass is 16.3. The standard InChI is InChI=1S/C15H11NO/c17-14-9-8-11-5-1-2-6-12(11)15(14)13-7-3-4-10-16-13/h1-10,17H. The Balaban J connectivity index is 2.39. The van der Waals surface area contributed by atoms with E-state index in [0.717, 1.165) is 22.0 Å². The predicted octanol–water partition coefficient (Wildman–Crippen LogP) is 3.61. The van der Waals surface area contributed by atoms with Crippen LogP contribution >= 0.6 is 0 Å². The third-order valence-corrected chi connectivity index (χ3v) is 2.83. The number of aromatic nitrogens is 1. The summed E-state index contributed by atoms with van der Waals surface area (Å²) in [6.07, 6.45) is 1.73. The number of hydrogen-bond donors (Lipinski definition) is 1. The van der Waals surface area contributed by atoms with Crippen molar-refractivity contribution in [2.75, 3.05) is 0 Å². The molecule has 0 fully saturated rings. The minimum absolute atomic E-state index is 0.266. The molecule has 1 heterocycles. The van der Waals surface area contributed by atoms with Crippen LogP contribution in [0.15, 0.2) is 60.8 Å². The van der Waals surface area contributed by atoms with Gasteiger partial charge in [0.2, 0.25) is 0 Å². The highest BCUT2D eigenvalue weighted by Gasteiger charge is 2.09. The molecule has 0 aliphatic heterocycles. The Morgan fingerprint density at radius 3 is 2.47 bits per heavy atom. The molecule has 0 saturated carbocycles. The monoisotopic (exact) mass is 221 g/mol. The van der Waals surface area contributed by atoms with Gasteiger partial charge < -0.3 is 5.11 Å². The molecule has 17 heavy (non-hydrogen) atoms. The molecule has 0 spiro atoms. The lowest BCUT2D eigenvalue weighted by atomic mass is 10.0. The first kappa shape index (κ1) is 9.85. The van der Waals surface area contributed by atoms with Gasteiger partial charge in [0.1, 0.15) is 5.75 Å². The first-order chi connectivity index (χ1) is 8.36. The maximum absolute atomic E-state index is 10.0. The van der Waals surface area contributed by atoms with E-state index in [4.69, 9.17) is 0 Å². The first-order valence-corrected chi connectivity index (χ1v) is 5.48. The Hall–Kier alpha value is -2.35. The molecule has 0 aliphatic carbocycles. The number of phenols is 1. The van der Waals surface area contributed by atoms with Crippen molar-refractivity contribution in [3.63, 3.8) is 0 Å². The average molecular weight is 221 g/mol. The maximum atomic E-state index is 10.0. The van der Waals surface area contributed by atoms with Gasteiger partial charge in [-0.15, -0.1) is 0 Å². The zero-order valence-corrected chi connectivity index (χ0v) is 9.17. The van der Waals surface area contributed by atoms with E-state index in [-0.39, 0.29) is 5.75 Å². The molecule has 2 heteroatoms. The molecular weight excluding hydrogens is 210 g/mol. The van der Waals surface area contributed by atoms with Crippen LogP contribution in [-0.2, 0) is 0 Å². The molecule has 1 N–H and O–H groups in total. The van der Waals surface area contributed by atoms with Crippen LogP contribution in [0.3, 0.4) is 0 Å². The topological polar surface area (TPSA) is 33.1 Å². The van der Waals surface area contributed by atoms with Gasteiger partial charge in [0.15, 0.2) is 0 Å². The van der Waals surface area contributed by atoms with Crippen molar-refractivity contribution in [1.82, 2.24) is 4.98 Å². The van der Waals surface area contributed by atoms with E-state index in [2.05, 4.69) is 4.98 Å². The second-order valence-corrected chi connectivity index (χ2v) is 3.90. The normalized spacial score (nSPS) is 10.6. The van der Waals surface area contributed by atoms with Crippen LogP contribution in [0, 0.1) is 0 Å². The molecule has 0 unspecified atom stereocenters. The summed E-state index contributed by atoms with van der Waals surface area (Å²) in [5, 5.41) is 12.1. The Morgan fingerprint density at radius 1 is 0.824 bits per heavy atom. The molecule has 3 aromatic rings. The predicted molar refractivity (Wildman–Crippen MR) is 68.8 cm³/mol. The van der Waals surface area contributed by atoms with Gasteiger partial charge in [-0.1, -0.05) is 36.4 Å². The zero-order chi connectivity index (χ0) is 11.7. The average Bonchev–Trinajstić information content (AvgIpc) is 2.39. The van der Waals surface area contributed by atoms with Gasteiger partial charge in [0.25, 0.3) is 0 Å². The highest BCUT2D eigenvalue weighted by Crippen LogP contribution is 2.34. The van der Waals surface area contributed by atoms with Crippen molar-refractivity contribution in [3.05, 3.63) is 60.8 Å². The fraction of sp³-hybridized carbons (Fsp3) is 0. The minimum Gasteiger partial charge on any atom is -0.507 e. The fourth-order valence-corrected chi connectivity index (χ4v) is 2.04. The number of phenolic OH excluding ortho intramolecular Hbond substituents is 1. The van der Waals surface area contributed by atoms with Crippen LogP contribution in [0.1, 0.15) is 0 Å². The highest BCUT2D eigenvalue weighted by molar-refractivity contribution is 5.98. The fourth-order valence-electron chi connectivity index (χ4n) is 2.04. The van der Waals surface area contributed by atoms with Crippen LogP contribution in [0.5, 0.6) is 5.75 Å². The minimum atomic E-state index is 0.266. The van der Waals surface area contributed by atoms with Crippen LogP contribution in [0.25, 0.3) is 22.0 Å². The molecule has 2 aromatic carbocycles. The van der Waals surface area contributed by atoms with Crippen molar-refractivity contribution in [2.24, 2.45) is 0 Å². The van der Waals surface area contributed by atoms with E-state index in [1.165, 1.54) is 0 Å². The van der Waals surface area contributed by atoms with Crippen LogP contribution in [0.2, 0.25) is 0 Å². The van der Waals surface area contributed by atoms with Crippen molar-refractivity contribution < 1.29 is 5.11 Å². The molecule has 0 aliphatic rings. The van der Waals surface area contributed by atoms with E-state index in [0.29, 0.717) is 0 Å². The van der Waals surface area contributed by atoms with Crippen LogP contribution in [0.4, 0.5) is 0 Å². The van der Waals surface area contributed by atoms with E-state index in [1.807, 2.05) is 48.5 Å². The third-order valence-electron chi connectivity index (χ3n) is 2.83. The van der Waals surface area contributed by atoms with E-state index in [1.54, 1.807) is 12.3 Å². The quantitative estimate of drug-likeness (QED) is 0.681. The van der Waals surface area contributed by atoms with Crippen molar-refractivity contribution >= 4 is 10.8 Å². The number of pyridine rings is 1. The van der Waals surface area contributed by atoms with Gasteiger partial charge in [0.05, 0.1) is 5.69 Å². The molecule has 1 aromatic heterocycles. The van der Waals surface area contributed by atoms with Gasteiger partial charge in [-0.2, -0.15) is 0 Å². The summed E-state index contributed by atoms with van der Waals surface area (Å²) >= 11 is 0. The summed E-state index contributed by atoms with van der Waals surface area (Å²) in [5.41, 5.74) is 1.59. The lowest BCUT2D eigenvalue weighted by Gasteiger charge is -2.08. The lowest BCUT2D eigenvalue weighted by molar-refractivity contribution is 0.478. The van der Waals surface area contributed by atoms with E-state index < -0.39 is 0 Å². The van der Waals surface area contributed by atoms with Gasteiger partial charge in [-0.25, -0.2) is 0 Å². The summed E-state index contributed by atoms with van der Waals surface area (Å²) in [7, 11) is 0. The van der Waals surface area contributed by atoms with Crippen LogP contribution < -0.4 is 0 Å².